The molecule has 1 amide bonds. The van der Waals surface area contributed by atoms with E-state index in [0.29, 0.717) is 18.6 Å². The minimum absolute atomic E-state index is 0.195. The summed E-state index contributed by atoms with van der Waals surface area (Å²) in [6, 6.07) is 6.16. The summed E-state index contributed by atoms with van der Waals surface area (Å²) in [6.45, 7) is 2.01. The highest BCUT2D eigenvalue weighted by atomic mass is 16.7. The second-order valence-corrected chi connectivity index (χ2v) is 6.36. The van der Waals surface area contributed by atoms with E-state index in [4.69, 9.17) is 9.47 Å². The van der Waals surface area contributed by atoms with E-state index in [1.165, 1.54) is 5.56 Å². The van der Waals surface area contributed by atoms with Gasteiger partial charge in [-0.2, -0.15) is 0 Å². The first-order valence-electron chi connectivity index (χ1n) is 8.14. The van der Waals surface area contributed by atoms with Crippen molar-refractivity contribution in [3.63, 3.8) is 0 Å². The summed E-state index contributed by atoms with van der Waals surface area (Å²) < 4.78 is 10.8. The minimum Gasteiger partial charge on any atom is -0.454 e. The molecule has 3 aliphatic rings. The lowest BCUT2D eigenvalue weighted by atomic mass is 9.93. The summed E-state index contributed by atoms with van der Waals surface area (Å²) in [5, 5.41) is 0. The number of fused-ring (bicyclic) bond motifs is 1. The lowest BCUT2D eigenvalue weighted by Gasteiger charge is -2.24. The molecule has 0 bridgehead atoms. The van der Waals surface area contributed by atoms with Gasteiger partial charge in [0, 0.05) is 24.9 Å². The van der Waals surface area contributed by atoms with Gasteiger partial charge in [-0.1, -0.05) is 18.2 Å². The highest BCUT2D eigenvalue weighted by Gasteiger charge is 2.32. The Morgan fingerprint density at radius 1 is 1.14 bits per heavy atom. The Bertz CT molecular complexity index is 610. The maximum Gasteiger partial charge on any atom is 0.231 e. The van der Waals surface area contributed by atoms with Gasteiger partial charge in [0.25, 0.3) is 0 Å². The molecular formula is C18H21NO3. The summed E-state index contributed by atoms with van der Waals surface area (Å²) in [5.74, 6) is 2.61. The van der Waals surface area contributed by atoms with Crippen molar-refractivity contribution in [2.45, 2.75) is 31.6 Å². The van der Waals surface area contributed by atoms with Crippen LogP contribution in [0.5, 0.6) is 11.5 Å². The molecule has 22 heavy (non-hydrogen) atoms. The zero-order valence-corrected chi connectivity index (χ0v) is 12.7. The predicted molar refractivity (Wildman–Crippen MR) is 83.0 cm³/mol. The third-order valence-corrected chi connectivity index (χ3v) is 4.99. The molecule has 0 unspecified atom stereocenters. The molecule has 0 saturated carbocycles. The summed E-state index contributed by atoms with van der Waals surface area (Å²) in [5.41, 5.74) is 1.25. The zero-order chi connectivity index (χ0) is 14.9. The van der Waals surface area contributed by atoms with Gasteiger partial charge in [0.2, 0.25) is 12.7 Å². The number of carbonyl (C=O) groups is 1. The van der Waals surface area contributed by atoms with Crippen LogP contribution in [-0.4, -0.2) is 30.7 Å². The Balaban J connectivity index is 1.43. The van der Waals surface area contributed by atoms with Gasteiger partial charge in [0.15, 0.2) is 11.5 Å². The molecule has 0 spiro atoms. The van der Waals surface area contributed by atoms with Crippen molar-refractivity contribution in [3.05, 3.63) is 35.9 Å². The van der Waals surface area contributed by atoms with Gasteiger partial charge in [-0.15, -0.1) is 0 Å². The van der Waals surface area contributed by atoms with Gasteiger partial charge in [-0.3, -0.25) is 4.79 Å². The number of allylic oxidation sites excluding steroid dienone is 2. The number of likely N-dealkylation sites (tertiary alicyclic amines) is 1. The second kappa shape index (κ2) is 5.67. The summed E-state index contributed by atoms with van der Waals surface area (Å²) >= 11 is 0. The number of benzene rings is 1. The lowest BCUT2D eigenvalue weighted by Crippen LogP contribution is -2.34. The van der Waals surface area contributed by atoms with Crippen LogP contribution in [0.2, 0.25) is 0 Å². The van der Waals surface area contributed by atoms with Gasteiger partial charge >= 0.3 is 0 Å². The van der Waals surface area contributed by atoms with Crippen LogP contribution in [0.3, 0.4) is 0 Å². The normalized spacial score (nSPS) is 26.5. The number of rotatable bonds is 2. The number of ether oxygens (including phenoxy) is 2. The maximum atomic E-state index is 12.6. The van der Waals surface area contributed by atoms with E-state index in [0.717, 1.165) is 50.3 Å². The fourth-order valence-electron chi connectivity index (χ4n) is 3.68. The first kappa shape index (κ1) is 13.7. The van der Waals surface area contributed by atoms with Crippen molar-refractivity contribution in [1.29, 1.82) is 0 Å². The van der Waals surface area contributed by atoms with E-state index in [1.807, 2.05) is 6.07 Å². The molecule has 4 nitrogen and oxygen atoms in total. The Morgan fingerprint density at radius 2 is 2.05 bits per heavy atom. The molecule has 1 aromatic rings. The van der Waals surface area contributed by atoms with Crippen molar-refractivity contribution in [1.82, 2.24) is 4.90 Å². The van der Waals surface area contributed by atoms with E-state index in [9.17, 15) is 4.79 Å². The highest BCUT2D eigenvalue weighted by molar-refractivity contribution is 5.79. The van der Waals surface area contributed by atoms with Gasteiger partial charge in [0.05, 0.1) is 0 Å². The molecule has 0 N–H and O–H groups in total. The smallest absolute Gasteiger partial charge is 0.231 e. The van der Waals surface area contributed by atoms with Crippen LogP contribution < -0.4 is 9.47 Å². The van der Waals surface area contributed by atoms with Crippen LogP contribution in [0.25, 0.3) is 0 Å². The monoisotopic (exact) mass is 299 g/mol. The van der Waals surface area contributed by atoms with Crippen LogP contribution in [0.1, 0.15) is 37.2 Å². The summed E-state index contributed by atoms with van der Waals surface area (Å²) in [6.07, 6.45) is 8.31. The zero-order valence-electron chi connectivity index (χ0n) is 12.7. The molecule has 4 heteroatoms. The predicted octanol–water partition coefficient (Wildman–Crippen LogP) is 3.09. The highest BCUT2D eigenvalue weighted by Crippen LogP contribution is 2.37. The molecule has 0 radical (unpaired) electrons. The van der Waals surface area contributed by atoms with Gasteiger partial charge < -0.3 is 14.4 Å². The number of hydrogen-bond donors (Lipinski definition) is 0. The van der Waals surface area contributed by atoms with E-state index >= 15 is 0 Å². The number of amides is 1. The summed E-state index contributed by atoms with van der Waals surface area (Å²) in [4.78, 5) is 14.7. The van der Waals surface area contributed by atoms with E-state index in [2.05, 4.69) is 29.2 Å². The third kappa shape index (κ3) is 2.47. The van der Waals surface area contributed by atoms with Gasteiger partial charge in [0.1, 0.15) is 0 Å². The maximum absolute atomic E-state index is 12.6. The lowest BCUT2D eigenvalue weighted by molar-refractivity contribution is -0.134. The van der Waals surface area contributed by atoms with Crippen LogP contribution in [0, 0.1) is 5.92 Å². The van der Waals surface area contributed by atoms with Crippen molar-refractivity contribution >= 4 is 5.91 Å². The Hall–Kier alpha value is -1.97. The van der Waals surface area contributed by atoms with E-state index < -0.39 is 0 Å². The molecule has 0 aromatic heterocycles. The molecular weight excluding hydrogens is 278 g/mol. The molecule has 4 rings (SSSR count). The van der Waals surface area contributed by atoms with E-state index in [1.54, 1.807) is 0 Å². The van der Waals surface area contributed by atoms with Crippen LogP contribution >= 0.6 is 0 Å². The Labute approximate surface area is 130 Å². The minimum atomic E-state index is 0.195. The number of carbonyl (C=O) groups excluding carboxylic acids is 1. The molecule has 1 saturated heterocycles. The largest absolute Gasteiger partial charge is 0.454 e. The SMILES string of the molecule is O=C([C@@H]1CC=CCC1)N1CC[C@@H](c2ccc3c(c2)OCO3)C1. The quantitative estimate of drug-likeness (QED) is 0.788. The number of hydrogen-bond acceptors (Lipinski definition) is 3. The summed E-state index contributed by atoms with van der Waals surface area (Å²) in [7, 11) is 0. The van der Waals surface area contributed by atoms with Crippen molar-refractivity contribution in [2.75, 3.05) is 19.9 Å². The number of nitrogens with zero attached hydrogens (tertiary/aromatic N) is 1. The van der Waals surface area contributed by atoms with E-state index in [-0.39, 0.29) is 5.92 Å². The average molecular weight is 299 g/mol. The molecule has 2 heterocycles. The molecule has 1 aliphatic carbocycles. The topological polar surface area (TPSA) is 38.8 Å². The van der Waals surface area contributed by atoms with Gasteiger partial charge in [-0.25, -0.2) is 0 Å². The molecule has 2 atom stereocenters. The first-order chi connectivity index (χ1) is 10.8. The fraction of sp³-hybridized carbons (Fsp3) is 0.500. The average Bonchev–Trinajstić information content (AvgIpc) is 3.23. The van der Waals surface area contributed by atoms with Crippen LogP contribution in [-0.2, 0) is 4.79 Å². The first-order valence-corrected chi connectivity index (χ1v) is 8.14. The Kier molecular flexibility index (Phi) is 3.53. The Morgan fingerprint density at radius 3 is 2.91 bits per heavy atom. The van der Waals surface area contributed by atoms with Crippen LogP contribution in [0.15, 0.2) is 30.4 Å². The molecule has 1 fully saturated rings. The third-order valence-electron chi connectivity index (χ3n) is 4.99. The van der Waals surface area contributed by atoms with Crippen LogP contribution in [0.4, 0.5) is 0 Å². The molecule has 1 aromatic carbocycles. The van der Waals surface area contributed by atoms with Gasteiger partial charge in [-0.05, 0) is 43.4 Å². The van der Waals surface area contributed by atoms with Crippen molar-refractivity contribution in [2.24, 2.45) is 5.92 Å². The fourth-order valence-corrected chi connectivity index (χ4v) is 3.68. The molecule has 116 valence electrons. The molecule has 2 aliphatic heterocycles. The standard InChI is InChI=1S/C18H21NO3/c20-18(13-4-2-1-3-5-13)19-9-8-15(11-19)14-6-7-16-17(10-14)22-12-21-16/h1-2,6-7,10,13,15H,3-5,8-9,11-12H2/t13-,15-/m1/s1. The van der Waals surface area contributed by atoms with Crippen molar-refractivity contribution in [3.8, 4) is 11.5 Å². The van der Waals surface area contributed by atoms with Crippen molar-refractivity contribution < 1.29 is 14.3 Å². The second-order valence-electron chi connectivity index (χ2n) is 6.36.